The summed E-state index contributed by atoms with van der Waals surface area (Å²) >= 11 is 0. The van der Waals surface area contributed by atoms with E-state index in [0.29, 0.717) is 19.5 Å². The molecule has 0 saturated heterocycles. The number of guanidine groups is 1. The molecule has 0 bridgehead atoms. The number of carbonyl (C=O) groups excluding carboxylic acids is 1. The van der Waals surface area contributed by atoms with Crippen molar-refractivity contribution in [3.8, 4) is 0 Å². The van der Waals surface area contributed by atoms with Crippen LogP contribution in [0.4, 0.5) is 0 Å². The lowest BCUT2D eigenvalue weighted by atomic mass is 10.2. The molecule has 1 aromatic carbocycles. The Kier molecular flexibility index (Phi) is 7.94. The van der Waals surface area contributed by atoms with E-state index in [1.807, 2.05) is 51.1 Å². The molecule has 1 aromatic rings. The molecule has 0 atom stereocenters. The second-order valence-electron chi connectivity index (χ2n) is 5.08. The molecular weight excluding hydrogens is 264 g/mol. The Labute approximate surface area is 127 Å². The Morgan fingerprint density at radius 2 is 1.90 bits per heavy atom. The molecule has 3 N–H and O–H groups in total. The molecule has 116 valence electrons. The second-order valence-corrected chi connectivity index (χ2v) is 5.08. The summed E-state index contributed by atoms with van der Waals surface area (Å²) in [6.07, 6.45) is 0.438. The Hall–Kier alpha value is -2.04. The molecule has 1 amide bonds. The van der Waals surface area contributed by atoms with Crippen LogP contribution in [0.3, 0.4) is 0 Å². The number of hydrogen-bond acceptors (Lipinski definition) is 2. The molecule has 0 aliphatic heterocycles. The van der Waals surface area contributed by atoms with Crippen molar-refractivity contribution in [2.75, 3.05) is 13.1 Å². The lowest BCUT2D eigenvalue weighted by Gasteiger charge is -2.12. The van der Waals surface area contributed by atoms with Gasteiger partial charge in [-0.1, -0.05) is 30.3 Å². The molecule has 0 aliphatic carbocycles. The van der Waals surface area contributed by atoms with Crippen molar-refractivity contribution in [1.82, 2.24) is 16.0 Å². The summed E-state index contributed by atoms with van der Waals surface area (Å²) in [6.45, 7) is 7.91. The van der Waals surface area contributed by atoms with Gasteiger partial charge in [0.1, 0.15) is 0 Å². The van der Waals surface area contributed by atoms with Gasteiger partial charge in [0.25, 0.3) is 0 Å². The number of hydrogen-bond donors (Lipinski definition) is 3. The highest BCUT2D eigenvalue weighted by Gasteiger charge is 2.03. The quantitative estimate of drug-likeness (QED) is 0.528. The summed E-state index contributed by atoms with van der Waals surface area (Å²) in [7, 11) is 0. The van der Waals surface area contributed by atoms with Crippen molar-refractivity contribution in [2.45, 2.75) is 39.8 Å². The van der Waals surface area contributed by atoms with Crippen LogP contribution in [0.25, 0.3) is 0 Å². The number of benzene rings is 1. The van der Waals surface area contributed by atoms with E-state index in [0.717, 1.165) is 18.1 Å². The first-order valence-electron chi connectivity index (χ1n) is 7.47. The van der Waals surface area contributed by atoms with Crippen molar-refractivity contribution < 1.29 is 4.79 Å². The monoisotopic (exact) mass is 290 g/mol. The first kappa shape index (κ1) is 17.0. The minimum Gasteiger partial charge on any atom is -0.357 e. The van der Waals surface area contributed by atoms with Crippen LogP contribution in [0, 0.1) is 0 Å². The van der Waals surface area contributed by atoms with Crippen molar-refractivity contribution in [3.63, 3.8) is 0 Å². The molecule has 5 heteroatoms. The molecule has 0 aromatic heterocycles. The fourth-order valence-electron chi connectivity index (χ4n) is 1.78. The first-order valence-corrected chi connectivity index (χ1v) is 7.47. The van der Waals surface area contributed by atoms with Crippen molar-refractivity contribution >= 4 is 11.9 Å². The van der Waals surface area contributed by atoms with Crippen LogP contribution in [0.5, 0.6) is 0 Å². The third-order valence-electron chi connectivity index (χ3n) is 2.70. The number of nitrogens with one attached hydrogen (secondary N) is 3. The van der Waals surface area contributed by atoms with Gasteiger partial charge in [0, 0.05) is 25.6 Å². The van der Waals surface area contributed by atoms with Gasteiger partial charge in [0.05, 0.1) is 6.54 Å². The number of amides is 1. The van der Waals surface area contributed by atoms with E-state index in [4.69, 9.17) is 0 Å². The zero-order chi connectivity index (χ0) is 15.5. The van der Waals surface area contributed by atoms with Crippen LogP contribution in [0.15, 0.2) is 35.3 Å². The molecule has 0 radical (unpaired) electrons. The summed E-state index contributed by atoms with van der Waals surface area (Å²) in [5.74, 6) is 0.787. The summed E-state index contributed by atoms with van der Waals surface area (Å²) in [5.41, 5.74) is 1.16. The van der Waals surface area contributed by atoms with Crippen molar-refractivity contribution in [2.24, 2.45) is 4.99 Å². The lowest BCUT2D eigenvalue weighted by Crippen LogP contribution is -2.40. The number of carbonyl (C=O) groups is 1. The highest BCUT2D eigenvalue weighted by Crippen LogP contribution is 1.99. The minimum absolute atomic E-state index is 0.0522. The normalized spacial score (nSPS) is 11.3. The Balaban J connectivity index is 2.40. The topological polar surface area (TPSA) is 65.5 Å². The Morgan fingerprint density at radius 1 is 1.19 bits per heavy atom. The van der Waals surface area contributed by atoms with Crippen LogP contribution < -0.4 is 16.0 Å². The average molecular weight is 290 g/mol. The van der Waals surface area contributed by atoms with E-state index in [9.17, 15) is 4.79 Å². The van der Waals surface area contributed by atoms with Crippen molar-refractivity contribution in [3.05, 3.63) is 35.9 Å². The predicted octanol–water partition coefficient (Wildman–Crippen LogP) is 1.66. The zero-order valence-corrected chi connectivity index (χ0v) is 13.1. The van der Waals surface area contributed by atoms with Gasteiger partial charge in [-0.05, 0) is 26.3 Å². The molecule has 21 heavy (non-hydrogen) atoms. The smallest absolute Gasteiger partial charge is 0.221 e. The maximum atomic E-state index is 11.6. The second kappa shape index (κ2) is 9.80. The van der Waals surface area contributed by atoms with Crippen LogP contribution in [0.1, 0.15) is 32.8 Å². The molecule has 0 spiro atoms. The van der Waals surface area contributed by atoms with Gasteiger partial charge >= 0.3 is 0 Å². The van der Waals surface area contributed by atoms with E-state index in [1.54, 1.807) is 0 Å². The highest BCUT2D eigenvalue weighted by molar-refractivity contribution is 5.81. The largest absolute Gasteiger partial charge is 0.357 e. The SMILES string of the molecule is CCNC(=NCc1ccccc1)NCCC(=O)NC(C)C. The van der Waals surface area contributed by atoms with Crippen LogP contribution in [0.2, 0.25) is 0 Å². The molecule has 1 rings (SSSR count). The number of rotatable bonds is 7. The number of nitrogens with zero attached hydrogens (tertiary/aromatic N) is 1. The van der Waals surface area contributed by atoms with E-state index >= 15 is 0 Å². The Morgan fingerprint density at radius 3 is 2.52 bits per heavy atom. The zero-order valence-electron chi connectivity index (χ0n) is 13.1. The van der Waals surface area contributed by atoms with E-state index in [2.05, 4.69) is 20.9 Å². The molecule has 0 aliphatic rings. The Bertz CT molecular complexity index is 443. The van der Waals surface area contributed by atoms with Crippen molar-refractivity contribution in [1.29, 1.82) is 0 Å². The summed E-state index contributed by atoms with van der Waals surface area (Å²) < 4.78 is 0. The summed E-state index contributed by atoms with van der Waals surface area (Å²) in [5, 5.41) is 9.21. The maximum Gasteiger partial charge on any atom is 0.221 e. The third-order valence-corrected chi connectivity index (χ3v) is 2.70. The van der Waals surface area contributed by atoms with Crippen LogP contribution in [-0.2, 0) is 11.3 Å². The summed E-state index contributed by atoms with van der Waals surface area (Å²) in [6, 6.07) is 10.3. The van der Waals surface area contributed by atoms with Crippen LogP contribution in [-0.4, -0.2) is 31.0 Å². The first-order chi connectivity index (χ1) is 10.1. The van der Waals surface area contributed by atoms with E-state index in [-0.39, 0.29) is 11.9 Å². The highest BCUT2D eigenvalue weighted by atomic mass is 16.1. The van der Waals surface area contributed by atoms with E-state index in [1.165, 1.54) is 0 Å². The third kappa shape index (κ3) is 7.97. The van der Waals surface area contributed by atoms with Crippen LogP contribution >= 0.6 is 0 Å². The average Bonchev–Trinajstić information content (AvgIpc) is 2.45. The minimum atomic E-state index is 0.0522. The van der Waals surface area contributed by atoms with Gasteiger partial charge in [-0.15, -0.1) is 0 Å². The maximum absolute atomic E-state index is 11.6. The van der Waals surface area contributed by atoms with Gasteiger partial charge in [0.2, 0.25) is 5.91 Å². The predicted molar refractivity (Wildman–Crippen MR) is 87.2 cm³/mol. The van der Waals surface area contributed by atoms with Gasteiger partial charge < -0.3 is 16.0 Å². The molecule has 0 unspecified atom stereocenters. The molecule has 0 saturated carbocycles. The molecular formula is C16H26N4O. The van der Waals surface area contributed by atoms with E-state index < -0.39 is 0 Å². The summed E-state index contributed by atoms with van der Waals surface area (Å²) in [4.78, 5) is 16.1. The molecule has 5 nitrogen and oxygen atoms in total. The lowest BCUT2D eigenvalue weighted by molar-refractivity contribution is -0.121. The van der Waals surface area contributed by atoms with Gasteiger partial charge in [-0.25, -0.2) is 4.99 Å². The fraction of sp³-hybridized carbons (Fsp3) is 0.500. The van der Waals surface area contributed by atoms with Gasteiger partial charge in [-0.2, -0.15) is 0 Å². The molecule has 0 fully saturated rings. The van der Waals surface area contributed by atoms with Gasteiger partial charge in [-0.3, -0.25) is 4.79 Å². The van der Waals surface area contributed by atoms with Gasteiger partial charge in [0.15, 0.2) is 5.96 Å². The number of aliphatic imine (C=N–C) groups is 1. The molecule has 0 heterocycles. The fourth-order valence-corrected chi connectivity index (χ4v) is 1.78. The standard InChI is InChI=1S/C16H26N4O/c1-4-17-16(18-11-10-15(21)20-13(2)3)19-12-14-8-6-5-7-9-14/h5-9,13H,4,10-12H2,1-3H3,(H,20,21)(H2,17,18,19).